The van der Waals surface area contributed by atoms with E-state index in [0.717, 1.165) is 24.2 Å². The van der Waals surface area contributed by atoms with Crippen molar-refractivity contribution >= 4 is 29.3 Å². The molecule has 16 heavy (non-hydrogen) atoms. The molecule has 0 radical (unpaired) electrons. The van der Waals surface area contributed by atoms with Gasteiger partial charge in [-0.25, -0.2) is 0 Å². The molecular formula is C13H16OS2. The third kappa shape index (κ3) is 2.30. The molecule has 1 aromatic carbocycles. The average molecular weight is 252 g/mol. The molecule has 1 atom stereocenters. The molecule has 0 spiro atoms. The third-order valence-electron chi connectivity index (χ3n) is 3.05. The number of carbonyl (C=O) groups excluding carboxylic acids is 1. The van der Waals surface area contributed by atoms with Crippen LogP contribution in [0, 0.1) is 0 Å². The van der Waals surface area contributed by atoms with Crippen LogP contribution in [0.1, 0.15) is 30.1 Å². The first-order valence-electron chi connectivity index (χ1n) is 5.48. The molecule has 0 saturated carbocycles. The van der Waals surface area contributed by atoms with Crippen molar-refractivity contribution in [1.29, 1.82) is 0 Å². The zero-order valence-electron chi connectivity index (χ0n) is 9.66. The van der Waals surface area contributed by atoms with Crippen molar-refractivity contribution < 1.29 is 4.79 Å². The molecule has 1 aromatic rings. The van der Waals surface area contributed by atoms with Crippen molar-refractivity contribution in [3.8, 4) is 0 Å². The summed E-state index contributed by atoms with van der Waals surface area (Å²) < 4.78 is -0.180. The molecule has 2 rings (SSSR count). The zero-order valence-corrected chi connectivity index (χ0v) is 11.3. The quantitative estimate of drug-likeness (QED) is 0.600. The number of Topliss-reactive ketones (excluding diaryl/α,β-unsaturated/α-hetero) is 1. The summed E-state index contributed by atoms with van der Waals surface area (Å²) in [6.07, 6.45) is 4.22. The Hall–Kier alpha value is -0.410. The minimum absolute atomic E-state index is 0.180. The smallest absolute Gasteiger partial charge is 0.178 e. The fraction of sp³-hybridized carbons (Fsp3) is 0.462. The maximum Gasteiger partial charge on any atom is 0.178 e. The zero-order chi connectivity index (χ0) is 11.6. The molecule has 1 saturated heterocycles. The normalized spacial score (nSPS) is 24.6. The first kappa shape index (κ1) is 12.1. The van der Waals surface area contributed by atoms with Crippen LogP contribution in [0.3, 0.4) is 0 Å². The predicted molar refractivity (Wildman–Crippen MR) is 72.7 cm³/mol. The van der Waals surface area contributed by atoms with Gasteiger partial charge in [0.25, 0.3) is 0 Å². The summed E-state index contributed by atoms with van der Waals surface area (Å²) in [7, 11) is 0. The highest BCUT2D eigenvalue weighted by Crippen LogP contribution is 2.40. The van der Waals surface area contributed by atoms with Gasteiger partial charge < -0.3 is 0 Å². The number of rotatable bonds is 3. The van der Waals surface area contributed by atoms with E-state index in [1.807, 2.05) is 30.5 Å². The predicted octanol–water partition coefficient (Wildman–Crippen LogP) is 3.88. The molecule has 1 aliphatic heterocycles. The molecular weight excluding hydrogens is 236 g/mol. The Balaban J connectivity index is 2.20. The van der Waals surface area contributed by atoms with Gasteiger partial charge in [-0.2, -0.15) is 0 Å². The Morgan fingerprint density at radius 1 is 1.38 bits per heavy atom. The Kier molecular flexibility index (Phi) is 3.65. The van der Waals surface area contributed by atoms with Crippen molar-refractivity contribution in [2.45, 2.75) is 29.4 Å². The number of thioether (sulfide) groups is 2. The van der Waals surface area contributed by atoms with E-state index in [1.165, 1.54) is 4.90 Å². The topological polar surface area (TPSA) is 17.1 Å². The molecule has 0 amide bonds. The maximum absolute atomic E-state index is 12.3. The second kappa shape index (κ2) is 4.84. The highest BCUT2D eigenvalue weighted by atomic mass is 32.2. The lowest BCUT2D eigenvalue weighted by molar-refractivity contribution is 0.0949. The van der Waals surface area contributed by atoms with Gasteiger partial charge in [0.05, 0.1) is 4.75 Å². The van der Waals surface area contributed by atoms with Crippen LogP contribution in [0.5, 0.6) is 0 Å². The second-order valence-electron chi connectivity index (χ2n) is 4.24. The van der Waals surface area contributed by atoms with E-state index in [4.69, 9.17) is 0 Å². The summed E-state index contributed by atoms with van der Waals surface area (Å²) in [5, 5.41) is 0. The van der Waals surface area contributed by atoms with E-state index in [9.17, 15) is 4.79 Å². The van der Waals surface area contributed by atoms with Gasteiger partial charge in [-0.1, -0.05) is 12.1 Å². The minimum atomic E-state index is -0.180. The molecule has 1 fully saturated rings. The molecule has 1 nitrogen and oxygen atoms in total. The number of hydrogen-bond acceptors (Lipinski definition) is 3. The van der Waals surface area contributed by atoms with Crippen LogP contribution < -0.4 is 0 Å². The van der Waals surface area contributed by atoms with Crippen LogP contribution in [0.2, 0.25) is 0 Å². The van der Waals surface area contributed by atoms with Gasteiger partial charge >= 0.3 is 0 Å². The van der Waals surface area contributed by atoms with Gasteiger partial charge in [-0.15, -0.1) is 23.5 Å². The average Bonchev–Trinajstić information content (AvgIpc) is 2.77. The van der Waals surface area contributed by atoms with Crippen LogP contribution in [0.15, 0.2) is 29.2 Å². The van der Waals surface area contributed by atoms with Crippen molar-refractivity contribution in [2.75, 3.05) is 12.0 Å². The molecule has 0 N–H and O–H groups in total. The van der Waals surface area contributed by atoms with E-state index < -0.39 is 0 Å². The Morgan fingerprint density at radius 3 is 2.56 bits per heavy atom. The Labute approximate surface area is 105 Å². The molecule has 1 unspecified atom stereocenters. The summed E-state index contributed by atoms with van der Waals surface area (Å²) in [6, 6.07) is 7.97. The van der Waals surface area contributed by atoms with Gasteiger partial charge in [0.1, 0.15) is 0 Å². The van der Waals surface area contributed by atoms with Crippen LogP contribution in [0.25, 0.3) is 0 Å². The van der Waals surface area contributed by atoms with Crippen LogP contribution in [-0.2, 0) is 0 Å². The largest absolute Gasteiger partial charge is 0.293 e. The molecule has 0 aliphatic carbocycles. The Bertz CT molecular complexity index is 377. The monoisotopic (exact) mass is 252 g/mol. The van der Waals surface area contributed by atoms with Crippen LogP contribution in [-0.4, -0.2) is 22.5 Å². The summed E-state index contributed by atoms with van der Waals surface area (Å²) in [6.45, 7) is 2.08. The number of carbonyl (C=O) groups is 1. The maximum atomic E-state index is 12.3. The lowest BCUT2D eigenvalue weighted by Crippen LogP contribution is -2.28. The highest BCUT2D eigenvalue weighted by Gasteiger charge is 2.37. The number of ketones is 1. The van der Waals surface area contributed by atoms with Gasteiger partial charge in [-0.05, 0) is 43.9 Å². The van der Waals surface area contributed by atoms with Crippen molar-refractivity contribution in [2.24, 2.45) is 0 Å². The SMILES string of the molecule is CSc1ccc(C(=O)C2(C)CCCS2)cc1. The van der Waals surface area contributed by atoms with Crippen molar-refractivity contribution in [1.82, 2.24) is 0 Å². The van der Waals surface area contributed by atoms with Crippen LogP contribution in [0.4, 0.5) is 0 Å². The third-order valence-corrected chi connectivity index (χ3v) is 5.31. The first-order valence-corrected chi connectivity index (χ1v) is 7.69. The lowest BCUT2D eigenvalue weighted by atomic mass is 9.95. The fourth-order valence-electron chi connectivity index (χ4n) is 2.01. The number of benzene rings is 1. The second-order valence-corrected chi connectivity index (χ2v) is 6.72. The summed E-state index contributed by atoms with van der Waals surface area (Å²) in [5.74, 6) is 1.41. The van der Waals surface area contributed by atoms with Crippen molar-refractivity contribution in [3.05, 3.63) is 29.8 Å². The van der Waals surface area contributed by atoms with E-state index >= 15 is 0 Å². The van der Waals surface area contributed by atoms with E-state index in [0.29, 0.717) is 5.78 Å². The summed E-state index contributed by atoms with van der Waals surface area (Å²) in [4.78, 5) is 13.5. The highest BCUT2D eigenvalue weighted by molar-refractivity contribution is 8.01. The fourth-order valence-corrected chi connectivity index (χ4v) is 3.69. The van der Waals surface area contributed by atoms with Gasteiger partial charge in [-0.3, -0.25) is 4.79 Å². The molecule has 1 aliphatic rings. The van der Waals surface area contributed by atoms with E-state index in [2.05, 4.69) is 6.92 Å². The summed E-state index contributed by atoms with van der Waals surface area (Å²) in [5.41, 5.74) is 0.856. The first-order chi connectivity index (χ1) is 7.65. The van der Waals surface area contributed by atoms with Gasteiger partial charge in [0, 0.05) is 10.5 Å². The van der Waals surface area contributed by atoms with Crippen LogP contribution >= 0.6 is 23.5 Å². The van der Waals surface area contributed by atoms with Gasteiger partial charge in [0.2, 0.25) is 0 Å². The minimum Gasteiger partial charge on any atom is -0.293 e. The van der Waals surface area contributed by atoms with E-state index in [-0.39, 0.29) is 4.75 Å². The number of hydrogen-bond donors (Lipinski definition) is 0. The van der Waals surface area contributed by atoms with Gasteiger partial charge in [0.15, 0.2) is 5.78 Å². The summed E-state index contributed by atoms with van der Waals surface area (Å²) >= 11 is 3.51. The molecule has 3 heteroatoms. The molecule has 0 aromatic heterocycles. The van der Waals surface area contributed by atoms with Crippen molar-refractivity contribution in [3.63, 3.8) is 0 Å². The molecule has 86 valence electrons. The lowest BCUT2D eigenvalue weighted by Gasteiger charge is -2.20. The van der Waals surface area contributed by atoms with E-state index in [1.54, 1.807) is 23.5 Å². The Morgan fingerprint density at radius 2 is 2.06 bits per heavy atom. The molecule has 1 heterocycles. The molecule has 0 bridgehead atoms. The standard InChI is InChI=1S/C13H16OS2/c1-13(8-3-9-16-13)12(14)10-4-6-11(15-2)7-5-10/h4-7H,3,8-9H2,1-2H3.